The molecule has 146 valence electrons. The van der Waals surface area contributed by atoms with Crippen LogP contribution in [-0.4, -0.2) is 87.3 Å². The van der Waals surface area contributed by atoms with Crippen molar-refractivity contribution in [3.05, 3.63) is 29.8 Å². The zero-order valence-corrected chi connectivity index (χ0v) is 17.7. The van der Waals surface area contributed by atoms with Crippen molar-refractivity contribution >= 4 is 17.7 Å². The summed E-state index contributed by atoms with van der Waals surface area (Å²) in [7, 11) is 6.18. The van der Waals surface area contributed by atoms with Gasteiger partial charge in [-0.1, -0.05) is 12.1 Å². The van der Waals surface area contributed by atoms with Crippen LogP contribution >= 0.6 is 11.8 Å². The van der Waals surface area contributed by atoms with Gasteiger partial charge in [-0.15, -0.1) is 11.8 Å². The molecule has 2 rings (SSSR count). The number of thioether (sulfide) groups is 1. The Morgan fingerprint density at radius 3 is 2.65 bits per heavy atom. The maximum absolute atomic E-state index is 4.43. The van der Waals surface area contributed by atoms with E-state index >= 15 is 0 Å². The number of nitrogens with zero attached hydrogens (tertiary/aromatic N) is 4. The van der Waals surface area contributed by atoms with Crippen LogP contribution in [0.2, 0.25) is 0 Å². The zero-order chi connectivity index (χ0) is 18.8. The molecule has 0 unspecified atom stereocenters. The van der Waals surface area contributed by atoms with Crippen molar-refractivity contribution in [1.82, 2.24) is 20.0 Å². The van der Waals surface area contributed by atoms with E-state index in [2.05, 4.69) is 69.6 Å². The summed E-state index contributed by atoms with van der Waals surface area (Å²) in [6.07, 6.45) is 4.54. The van der Waals surface area contributed by atoms with Gasteiger partial charge in [-0.25, -0.2) is 0 Å². The minimum Gasteiger partial charge on any atom is -0.356 e. The van der Waals surface area contributed by atoms with E-state index in [1.54, 1.807) is 11.8 Å². The normalized spacial score (nSPS) is 17.2. The predicted molar refractivity (Wildman–Crippen MR) is 114 cm³/mol. The number of rotatable bonds is 7. The van der Waals surface area contributed by atoms with Gasteiger partial charge in [0.05, 0.1) is 0 Å². The molecule has 0 radical (unpaired) electrons. The Hall–Kier alpha value is -1.24. The number of hydrogen-bond acceptors (Lipinski definition) is 4. The van der Waals surface area contributed by atoms with Crippen molar-refractivity contribution in [3.63, 3.8) is 0 Å². The Morgan fingerprint density at radius 1 is 1.19 bits per heavy atom. The first-order valence-electron chi connectivity index (χ1n) is 9.58. The number of hydrogen-bond donors (Lipinski definition) is 1. The fraction of sp³-hybridized carbons (Fsp3) is 0.650. The lowest BCUT2D eigenvalue weighted by molar-refractivity contribution is 0.273. The molecule has 1 heterocycles. The van der Waals surface area contributed by atoms with Gasteiger partial charge in [-0.05, 0) is 63.5 Å². The molecular weight excluding hydrogens is 342 g/mol. The molecule has 0 saturated carbocycles. The van der Waals surface area contributed by atoms with Crippen LogP contribution in [-0.2, 0) is 6.54 Å². The molecule has 0 spiro atoms. The van der Waals surface area contributed by atoms with Crippen molar-refractivity contribution in [2.75, 3.05) is 66.7 Å². The Bertz CT molecular complexity index is 546. The van der Waals surface area contributed by atoms with Crippen LogP contribution in [0.5, 0.6) is 0 Å². The second kappa shape index (κ2) is 11.5. The van der Waals surface area contributed by atoms with Crippen LogP contribution in [0.25, 0.3) is 0 Å². The van der Waals surface area contributed by atoms with Crippen molar-refractivity contribution < 1.29 is 0 Å². The third-order valence-electron chi connectivity index (χ3n) is 4.90. The molecular formula is C20H35N5S. The first-order valence-corrected chi connectivity index (χ1v) is 10.8. The predicted octanol–water partition coefficient (Wildman–Crippen LogP) is 2.44. The lowest BCUT2D eigenvalue weighted by atomic mass is 10.2. The van der Waals surface area contributed by atoms with E-state index in [1.807, 2.05) is 7.05 Å². The van der Waals surface area contributed by atoms with Gasteiger partial charge in [-0.2, -0.15) is 0 Å². The number of benzene rings is 1. The summed E-state index contributed by atoms with van der Waals surface area (Å²) < 4.78 is 0. The second-order valence-electron chi connectivity index (χ2n) is 7.03. The molecule has 1 aliphatic rings. The minimum atomic E-state index is 0.868. The van der Waals surface area contributed by atoms with Crippen LogP contribution in [0.1, 0.15) is 18.4 Å². The van der Waals surface area contributed by atoms with Gasteiger partial charge >= 0.3 is 0 Å². The molecule has 1 fully saturated rings. The van der Waals surface area contributed by atoms with Gasteiger partial charge in [-0.3, -0.25) is 4.99 Å². The molecule has 1 N–H and O–H groups in total. The third-order valence-corrected chi connectivity index (χ3v) is 5.64. The van der Waals surface area contributed by atoms with E-state index in [0.717, 1.165) is 32.0 Å². The summed E-state index contributed by atoms with van der Waals surface area (Å²) in [6.45, 7) is 7.83. The number of guanidine groups is 1. The fourth-order valence-electron chi connectivity index (χ4n) is 3.29. The summed E-state index contributed by atoms with van der Waals surface area (Å²) in [5.41, 5.74) is 1.31. The Labute approximate surface area is 163 Å². The van der Waals surface area contributed by atoms with Gasteiger partial charge < -0.3 is 20.0 Å². The van der Waals surface area contributed by atoms with Gasteiger partial charge in [0.1, 0.15) is 0 Å². The number of likely N-dealkylation sites (N-methyl/N-ethyl adjacent to an activating group) is 1. The molecule has 0 atom stereocenters. The second-order valence-corrected chi connectivity index (χ2v) is 7.91. The zero-order valence-electron chi connectivity index (χ0n) is 16.9. The SMILES string of the molecule is CN=C(NCCCN1CCCN(C)CC1)N(C)Cc1ccc(SC)cc1. The quantitative estimate of drug-likeness (QED) is 0.342. The average molecular weight is 378 g/mol. The lowest BCUT2D eigenvalue weighted by Crippen LogP contribution is -2.40. The minimum absolute atomic E-state index is 0.868. The highest BCUT2D eigenvalue weighted by Crippen LogP contribution is 2.15. The first-order chi connectivity index (χ1) is 12.6. The number of aliphatic imine (C=N–C) groups is 1. The smallest absolute Gasteiger partial charge is 0.193 e. The van der Waals surface area contributed by atoms with Gasteiger partial charge in [0.15, 0.2) is 5.96 Å². The van der Waals surface area contributed by atoms with E-state index in [-0.39, 0.29) is 0 Å². The Morgan fingerprint density at radius 2 is 1.96 bits per heavy atom. The number of nitrogens with one attached hydrogen (secondary N) is 1. The van der Waals surface area contributed by atoms with Crippen molar-refractivity contribution in [3.8, 4) is 0 Å². The van der Waals surface area contributed by atoms with Crippen LogP contribution in [0, 0.1) is 0 Å². The molecule has 0 amide bonds. The molecule has 1 aromatic carbocycles. The van der Waals surface area contributed by atoms with E-state index in [4.69, 9.17) is 0 Å². The molecule has 1 aliphatic heterocycles. The van der Waals surface area contributed by atoms with Crippen LogP contribution < -0.4 is 5.32 Å². The van der Waals surface area contributed by atoms with E-state index in [1.165, 1.54) is 43.1 Å². The summed E-state index contributed by atoms with van der Waals surface area (Å²) in [5.74, 6) is 0.967. The summed E-state index contributed by atoms with van der Waals surface area (Å²) in [4.78, 5) is 12.9. The molecule has 0 aromatic heterocycles. The Balaban J connectivity index is 1.70. The summed E-state index contributed by atoms with van der Waals surface area (Å²) >= 11 is 1.78. The van der Waals surface area contributed by atoms with Crippen LogP contribution in [0.4, 0.5) is 0 Å². The molecule has 0 aliphatic carbocycles. The van der Waals surface area contributed by atoms with Crippen molar-refractivity contribution in [1.29, 1.82) is 0 Å². The molecule has 1 aromatic rings. The maximum Gasteiger partial charge on any atom is 0.193 e. The summed E-state index contributed by atoms with van der Waals surface area (Å²) in [6, 6.07) is 8.77. The lowest BCUT2D eigenvalue weighted by Gasteiger charge is -2.23. The topological polar surface area (TPSA) is 34.1 Å². The standard InChI is InChI=1S/C20H35N5S/c1-21-20(24(3)17-18-7-9-19(26-4)10-8-18)22-11-5-13-25-14-6-12-23(2)15-16-25/h7-10H,5-6,11-17H2,1-4H3,(H,21,22). The van der Waals surface area contributed by atoms with Crippen molar-refractivity contribution in [2.45, 2.75) is 24.3 Å². The molecule has 5 nitrogen and oxygen atoms in total. The van der Waals surface area contributed by atoms with Crippen LogP contribution in [0.3, 0.4) is 0 Å². The molecule has 6 heteroatoms. The first kappa shape index (κ1) is 21.1. The van der Waals surface area contributed by atoms with E-state index < -0.39 is 0 Å². The van der Waals surface area contributed by atoms with E-state index in [9.17, 15) is 0 Å². The van der Waals surface area contributed by atoms with Gasteiger partial charge in [0.25, 0.3) is 0 Å². The van der Waals surface area contributed by atoms with Gasteiger partial charge in [0, 0.05) is 45.2 Å². The highest BCUT2D eigenvalue weighted by Gasteiger charge is 2.12. The highest BCUT2D eigenvalue weighted by atomic mass is 32.2. The largest absolute Gasteiger partial charge is 0.356 e. The highest BCUT2D eigenvalue weighted by molar-refractivity contribution is 7.98. The monoisotopic (exact) mass is 377 g/mol. The van der Waals surface area contributed by atoms with Crippen molar-refractivity contribution in [2.24, 2.45) is 4.99 Å². The molecule has 26 heavy (non-hydrogen) atoms. The molecule has 1 saturated heterocycles. The Kier molecular flexibility index (Phi) is 9.29. The van der Waals surface area contributed by atoms with Crippen LogP contribution in [0.15, 0.2) is 34.2 Å². The third kappa shape index (κ3) is 7.17. The van der Waals surface area contributed by atoms with Gasteiger partial charge in [0.2, 0.25) is 0 Å². The molecule has 0 bridgehead atoms. The summed E-state index contributed by atoms with van der Waals surface area (Å²) in [5, 5.41) is 3.51. The van der Waals surface area contributed by atoms with E-state index in [0.29, 0.717) is 0 Å². The average Bonchev–Trinajstić information content (AvgIpc) is 2.86. The fourth-order valence-corrected chi connectivity index (χ4v) is 3.70. The maximum atomic E-state index is 4.43.